The lowest BCUT2D eigenvalue weighted by Gasteiger charge is -2.31. The molecule has 1 aliphatic rings. The molecular weight excluding hydrogens is 238 g/mol. The van der Waals surface area contributed by atoms with Crippen LogP contribution in [0.4, 0.5) is 0 Å². The number of furan rings is 1. The average Bonchev–Trinajstić information content (AvgIpc) is 2.60. The van der Waals surface area contributed by atoms with Crippen molar-refractivity contribution in [3.63, 3.8) is 0 Å². The smallest absolute Gasteiger partial charge is 0.106 e. The molecule has 1 fully saturated rings. The Hall–Kier alpha value is -0.800. The summed E-state index contributed by atoms with van der Waals surface area (Å²) in [6, 6.07) is -0.0331. The minimum absolute atomic E-state index is 0.0331. The number of aryl methyl sites for hydroxylation is 2. The number of hydrogen-bond acceptors (Lipinski definition) is 3. The summed E-state index contributed by atoms with van der Waals surface area (Å²) in [4.78, 5) is 0. The second kappa shape index (κ2) is 4.35. The second-order valence-electron chi connectivity index (χ2n) is 7.05. The Morgan fingerprint density at radius 1 is 1.11 bits per heavy atom. The van der Waals surface area contributed by atoms with E-state index in [2.05, 4.69) is 34.6 Å². The van der Waals surface area contributed by atoms with Crippen molar-refractivity contribution in [1.82, 2.24) is 0 Å². The summed E-state index contributed by atoms with van der Waals surface area (Å²) in [6.07, 6.45) is 0.976. The van der Waals surface area contributed by atoms with Crippen LogP contribution in [-0.2, 0) is 4.74 Å². The van der Waals surface area contributed by atoms with Crippen LogP contribution < -0.4 is 5.73 Å². The van der Waals surface area contributed by atoms with E-state index in [1.165, 1.54) is 5.56 Å². The van der Waals surface area contributed by atoms with E-state index in [1.54, 1.807) is 0 Å². The van der Waals surface area contributed by atoms with Crippen molar-refractivity contribution in [2.75, 3.05) is 0 Å². The van der Waals surface area contributed by atoms with Gasteiger partial charge in [-0.3, -0.25) is 0 Å². The van der Waals surface area contributed by atoms with E-state index in [9.17, 15) is 0 Å². The highest BCUT2D eigenvalue weighted by Gasteiger charge is 2.49. The molecule has 19 heavy (non-hydrogen) atoms. The molecule has 2 rings (SSSR count). The highest BCUT2D eigenvalue weighted by Crippen LogP contribution is 2.48. The van der Waals surface area contributed by atoms with Gasteiger partial charge in [-0.25, -0.2) is 0 Å². The average molecular weight is 265 g/mol. The minimum Gasteiger partial charge on any atom is -0.466 e. The largest absolute Gasteiger partial charge is 0.466 e. The van der Waals surface area contributed by atoms with Crippen molar-refractivity contribution >= 4 is 0 Å². The monoisotopic (exact) mass is 265 g/mol. The molecule has 0 spiro atoms. The van der Waals surface area contributed by atoms with Crippen LogP contribution in [0.2, 0.25) is 0 Å². The van der Waals surface area contributed by atoms with Gasteiger partial charge in [0.25, 0.3) is 0 Å². The van der Waals surface area contributed by atoms with Crippen LogP contribution in [0, 0.1) is 26.7 Å². The standard InChI is InChI=1S/C16H27NO2/c1-9-10(2)18-11(3)13(9)14(17)12-8-15(4,5)19-16(12,6)7/h12,14H,8,17H2,1-7H3. The van der Waals surface area contributed by atoms with E-state index >= 15 is 0 Å². The lowest BCUT2D eigenvalue weighted by Crippen LogP contribution is -2.36. The molecule has 1 aliphatic heterocycles. The zero-order chi connectivity index (χ0) is 14.6. The molecule has 0 saturated carbocycles. The third-order valence-electron chi connectivity index (χ3n) is 4.53. The minimum atomic E-state index is -0.201. The van der Waals surface area contributed by atoms with Crippen molar-refractivity contribution in [3.8, 4) is 0 Å². The first-order valence-electron chi connectivity index (χ1n) is 7.07. The van der Waals surface area contributed by atoms with Gasteiger partial charge in [0.15, 0.2) is 0 Å². The lowest BCUT2D eigenvalue weighted by atomic mass is 9.78. The van der Waals surface area contributed by atoms with Gasteiger partial charge in [0.05, 0.1) is 11.2 Å². The Bertz CT molecular complexity index is 485. The van der Waals surface area contributed by atoms with Gasteiger partial charge in [0.2, 0.25) is 0 Å². The third kappa shape index (κ3) is 2.46. The maximum absolute atomic E-state index is 6.57. The molecule has 0 radical (unpaired) electrons. The molecule has 3 nitrogen and oxygen atoms in total. The zero-order valence-electron chi connectivity index (χ0n) is 13.3. The molecule has 0 aromatic carbocycles. The second-order valence-corrected chi connectivity index (χ2v) is 7.05. The molecule has 0 aliphatic carbocycles. The summed E-state index contributed by atoms with van der Waals surface area (Å²) in [6.45, 7) is 14.7. The molecule has 1 saturated heterocycles. The van der Waals surface area contributed by atoms with Crippen LogP contribution >= 0.6 is 0 Å². The SMILES string of the molecule is Cc1oc(C)c(C(N)C2CC(C)(C)OC2(C)C)c1C. The molecular formula is C16H27NO2. The fraction of sp³-hybridized carbons (Fsp3) is 0.750. The van der Waals surface area contributed by atoms with Crippen LogP contribution in [0.3, 0.4) is 0 Å². The van der Waals surface area contributed by atoms with E-state index in [4.69, 9.17) is 14.9 Å². The molecule has 0 bridgehead atoms. The predicted molar refractivity (Wildman–Crippen MR) is 77.2 cm³/mol. The van der Waals surface area contributed by atoms with Crippen molar-refractivity contribution < 1.29 is 9.15 Å². The highest BCUT2D eigenvalue weighted by atomic mass is 16.5. The van der Waals surface area contributed by atoms with Gasteiger partial charge in [-0.2, -0.15) is 0 Å². The highest BCUT2D eigenvalue weighted by molar-refractivity contribution is 5.35. The summed E-state index contributed by atoms with van der Waals surface area (Å²) in [5.74, 6) is 2.22. The van der Waals surface area contributed by atoms with Gasteiger partial charge in [-0.15, -0.1) is 0 Å². The van der Waals surface area contributed by atoms with Gasteiger partial charge in [-0.1, -0.05) is 0 Å². The first-order chi connectivity index (χ1) is 8.55. The van der Waals surface area contributed by atoms with E-state index in [0.29, 0.717) is 5.92 Å². The molecule has 108 valence electrons. The van der Waals surface area contributed by atoms with Gasteiger partial charge in [-0.05, 0) is 60.5 Å². The Morgan fingerprint density at radius 3 is 2.05 bits per heavy atom. The maximum Gasteiger partial charge on any atom is 0.106 e. The molecule has 2 unspecified atom stereocenters. The molecule has 2 atom stereocenters. The summed E-state index contributed by atoms with van der Waals surface area (Å²) in [7, 11) is 0. The summed E-state index contributed by atoms with van der Waals surface area (Å²) < 4.78 is 11.9. The summed E-state index contributed by atoms with van der Waals surface area (Å²) >= 11 is 0. The van der Waals surface area contributed by atoms with Crippen LogP contribution in [0.15, 0.2) is 4.42 Å². The number of nitrogens with two attached hydrogens (primary N) is 1. The van der Waals surface area contributed by atoms with E-state index in [0.717, 1.165) is 23.5 Å². The van der Waals surface area contributed by atoms with Crippen LogP contribution in [0.5, 0.6) is 0 Å². The topological polar surface area (TPSA) is 48.4 Å². The predicted octanol–water partition coefficient (Wildman–Crippen LogP) is 3.80. The van der Waals surface area contributed by atoms with Crippen molar-refractivity contribution in [3.05, 3.63) is 22.6 Å². The first-order valence-corrected chi connectivity index (χ1v) is 7.07. The molecule has 1 aromatic rings. The van der Waals surface area contributed by atoms with Crippen LogP contribution in [0.1, 0.15) is 62.8 Å². The first kappa shape index (κ1) is 14.6. The fourth-order valence-corrected chi connectivity index (χ4v) is 3.66. The number of rotatable bonds is 2. The summed E-state index contributed by atoms with van der Waals surface area (Å²) in [5, 5.41) is 0. The molecule has 0 amide bonds. The number of ether oxygens (including phenoxy) is 1. The maximum atomic E-state index is 6.57. The Balaban J connectivity index is 2.37. The van der Waals surface area contributed by atoms with Crippen molar-refractivity contribution in [1.29, 1.82) is 0 Å². The van der Waals surface area contributed by atoms with Gasteiger partial charge in [0, 0.05) is 17.5 Å². The van der Waals surface area contributed by atoms with Gasteiger partial charge in [0.1, 0.15) is 11.5 Å². The fourth-order valence-electron chi connectivity index (χ4n) is 3.66. The lowest BCUT2D eigenvalue weighted by molar-refractivity contribution is -0.0767. The van der Waals surface area contributed by atoms with E-state index in [-0.39, 0.29) is 17.2 Å². The third-order valence-corrected chi connectivity index (χ3v) is 4.53. The van der Waals surface area contributed by atoms with Crippen molar-refractivity contribution in [2.45, 2.75) is 72.1 Å². The van der Waals surface area contributed by atoms with E-state index in [1.807, 2.05) is 13.8 Å². The molecule has 3 heteroatoms. The van der Waals surface area contributed by atoms with Gasteiger partial charge < -0.3 is 14.9 Å². The van der Waals surface area contributed by atoms with Crippen LogP contribution in [-0.4, -0.2) is 11.2 Å². The quantitative estimate of drug-likeness (QED) is 0.884. The van der Waals surface area contributed by atoms with Gasteiger partial charge >= 0.3 is 0 Å². The van der Waals surface area contributed by atoms with E-state index < -0.39 is 0 Å². The Kier molecular flexibility index (Phi) is 3.35. The number of hydrogen-bond donors (Lipinski definition) is 1. The Labute approximate surface area is 116 Å². The molecule has 1 aromatic heterocycles. The summed E-state index contributed by atoms with van der Waals surface area (Å²) in [5.41, 5.74) is 8.62. The molecule has 2 heterocycles. The molecule has 2 N–H and O–H groups in total. The normalized spacial score (nSPS) is 26.6. The zero-order valence-corrected chi connectivity index (χ0v) is 13.3. The van der Waals surface area contributed by atoms with Crippen LogP contribution in [0.25, 0.3) is 0 Å². The van der Waals surface area contributed by atoms with Crippen molar-refractivity contribution in [2.24, 2.45) is 11.7 Å². The Morgan fingerprint density at radius 2 is 1.68 bits per heavy atom.